The van der Waals surface area contributed by atoms with E-state index in [-0.39, 0.29) is 5.41 Å². The standard InChI is InChI=1S/C14H24N2O2/c1-14(5-6-15-10-14)13(17)16(12-2-3-12)8-11-4-7-18-9-11/h11-12,15H,2-10H2,1H3. The van der Waals surface area contributed by atoms with Crippen LogP contribution >= 0.6 is 0 Å². The van der Waals surface area contributed by atoms with E-state index in [2.05, 4.69) is 17.1 Å². The van der Waals surface area contributed by atoms with Gasteiger partial charge in [0, 0.05) is 31.7 Å². The fourth-order valence-corrected chi connectivity index (χ4v) is 3.14. The van der Waals surface area contributed by atoms with Crippen molar-refractivity contribution in [2.24, 2.45) is 11.3 Å². The summed E-state index contributed by atoms with van der Waals surface area (Å²) in [6.07, 6.45) is 4.49. The van der Waals surface area contributed by atoms with Gasteiger partial charge in [-0.1, -0.05) is 0 Å². The Kier molecular flexibility index (Phi) is 3.32. The number of hydrogen-bond donors (Lipinski definition) is 1. The van der Waals surface area contributed by atoms with E-state index in [9.17, 15) is 4.79 Å². The first kappa shape index (κ1) is 12.4. The molecule has 2 aliphatic heterocycles. The zero-order chi connectivity index (χ0) is 12.6. The molecule has 1 saturated carbocycles. The molecule has 2 atom stereocenters. The van der Waals surface area contributed by atoms with Gasteiger partial charge in [-0.05, 0) is 39.2 Å². The lowest BCUT2D eigenvalue weighted by atomic mass is 9.87. The van der Waals surface area contributed by atoms with E-state index in [0.29, 0.717) is 17.9 Å². The van der Waals surface area contributed by atoms with E-state index in [4.69, 9.17) is 4.74 Å². The molecule has 1 amide bonds. The summed E-state index contributed by atoms with van der Waals surface area (Å²) in [6.45, 7) is 6.57. The fraction of sp³-hybridized carbons (Fsp3) is 0.929. The SMILES string of the molecule is CC1(C(=O)N(CC2CCOC2)C2CC2)CCNC1. The first-order chi connectivity index (χ1) is 8.69. The molecular weight excluding hydrogens is 228 g/mol. The van der Waals surface area contributed by atoms with Gasteiger partial charge in [0.05, 0.1) is 12.0 Å². The minimum absolute atomic E-state index is 0.165. The highest BCUT2D eigenvalue weighted by atomic mass is 16.5. The molecule has 1 N–H and O–H groups in total. The highest BCUT2D eigenvalue weighted by Gasteiger charge is 2.44. The van der Waals surface area contributed by atoms with Crippen molar-refractivity contribution in [3.05, 3.63) is 0 Å². The lowest BCUT2D eigenvalue weighted by molar-refractivity contribution is -0.141. The first-order valence-corrected chi connectivity index (χ1v) is 7.28. The van der Waals surface area contributed by atoms with Crippen molar-refractivity contribution >= 4 is 5.91 Å². The molecule has 0 aromatic heterocycles. The molecule has 2 unspecified atom stereocenters. The predicted octanol–water partition coefficient (Wildman–Crippen LogP) is 1.01. The van der Waals surface area contributed by atoms with E-state index in [0.717, 1.165) is 45.7 Å². The maximum Gasteiger partial charge on any atom is 0.230 e. The van der Waals surface area contributed by atoms with Crippen molar-refractivity contribution in [2.75, 3.05) is 32.8 Å². The molecule has 0 bridgehead atoms. The van der Waals surface area contributed by atoms with E-state index in [1.807, 2.05) is 0 Å². The average molecular weight is 252 g/mol. The molecular formula is C14H24N2O2. The van der Waals surface area contributed by atoms with E-state index >= 15 is 0 Å². The van der Waals surface area contributed by atoms with Crippen molar-refractivity contribution in [2.45, 2.75) is 38.6 Å². The number of nitrogens with one attached hydrogen (secondary N) is 1. The zero-order valence-electron chi connectivity index (χ0n) is 11.3. The van der Waals surface area contributed by atoms with Crippen LogP contribution in [0.15, 0.2) is 0 Å². The number of ether oxygens (including phenoxy) is 1. The molecule has 0 radical (unpaired) electrons. The second-order valence-corrected chi connectivity index (χ2v) is 6.41. The van der Waals surface area contributed by atoms with Crippen LogP contribution in [0.1, 0.15) is 32.6 Å². The molecule has 1 aliphatic carbocycles. The van der Waals surface area contributed by atoms with Crippen molar-refractivity contribution in [3.8, 4) is 0 Å². The van der Waals surface area contributed by atoms with Gasteiger partial charge in [-0.15, -0.1) is 0 Å². The Morgan fingerprint density at radius 2 is 2.28 bits per heavy atom. The number of hydrogen-bond acceptors (Lipinski definition) is 3. The molecule has 3 rings (SSSR count). The first-order valence-electron chi connectivity index (χ1n) is 7.28. The summed E-state index contributed by atoms with van der Waals surface area (Å²) >= 11 is 0. The Bertz CT molecular complexity index is 316. The molecule has 2 saturated heterocycles. The number of rotatable bonds is 4. The van der Waals surface area contributed by atoms with Crippen LogP contribution in [-0.2, 0) is 9.53 Å². The van der Waals surface area contributed by atoms with Crippen LogP contribution in [0.25, 0.3) is 0 Å². The second-order valence-electron chi connectivity index (χ2n) is 6.41. The van der Waals surface area contributed by atoms with Gasteiger partial charge in [-0.3, -0.25) is 4.79 Å². The monoisotopic (exact) mass is 252 g/mol. The lowest BCUT2D eigenvalue weighted by Gasteiger charge is -2.33. The normalized spacial score (nSPS) is 35.9. The molecule has 0 aromatic rings. The minimum Gasteiger partial charge on any atom is -0.381 e. The van der Waals surface area contributed by atoms with Gasteiger partial charge in [-0.25, -0.2) is 0 Å². The smallest absolute Gasteiger partial charge is 0.230 e. The molecule has 4 nitrogen and oxygen atoms in total. The summed E-state index contributed by atoms with van der Waals surface area (Å²) in [6, 6.07) is 0.524. The average Bonchev–Trinajstić information content (AvgIpc) is 2.89. The quantitative estimate of drug-likeness (QED) is 0.812. The summed E-state index contributed by atoms with van der Waals surface area (Å²) in [7, 11) is 0. The van der Waals surface area contributed by atoms with E-state index < -0.39 is 0 Å². The van der Waals surface area contributed by atoms with Crippen LogP contribution < -0.4 is 5.32 Å². The Labute approximate surface area is 109 Å². The van der Waals surface area contributed by atoms with Crippen molar-refractivity contribution < 1.29 is 9.53 Å². The van der Waals surface area contributed by atoms with Crippen molar-refractivity contribution in [1.82, 2.24) is 10.2 Å². The molecule has 18 heavy (non-hydrogen) atoms. The maximum atomic E-state index is 12.8. The molecule has 2 heterocycles. The summed E-state index contributed by atoms with van der Waals surface area (Å²) in [5, 5.41) is 3.33. The molecule has 0 spiro atoms. The van der Waals surface area contributed by atoms with E-state index in [1.54, 1.807) is 0 Å². The summed E-state index contributed by atoms with van der Waals surface area (Å²) in [5.41, 5.74) is -0.165. The molecule has 3 aliphatic rings. The maximum absolute atomic E-state index is 12.8. The lowest BCUT2D eigenvalue weighted by Crippen LogP contribution is -2.46. The van der Waals surface area contributed by atoms with Crippen molar-refractivity contribution in [3.63, 3.8) is 0 Å². The third kappa shape index (κ3) is 2.41. The van der Waals surface area contributed by atoms with E-state index in [1.165, 1.54) is 12.8 Å². The van der Waals surface area contributed by atoms with Crippen LogP contribution in [-0.4, -0.2) is 49.7 Å². The van der Waals surface area contributed by atoms with Gasteiger partial charge in [0.2, 0.25) is 5.91 Å². The highest BCUT2D eigenvalue weighted by molar-refractivity contribution is 5.83. The highest BCUT2D eigenvalue weighted by Crippen LogP contribution is 2.35. The van der Waals surface area contributed by atoms with Crippen LogP contribution in [0.2, 0.25) is 0 Å². The summed E-state index contributed by atoms with van der Waals surface area (Å²) in [4.78, 5) is 15.0. The Balaban J connectivity index is 1.66. The number of nitrogens with zero attached hydrogens (tertiary/aromatic N) is 1. The molecule has 0 aromatic carbocycles. The zero-order valence-corrected chi connectivity index (χ0v) is 11.3. The van der Waals surface area contributed by atoms with Crippen LogP contribution in [0.5, 0.6) is 0 Å². The van der Waals surface area contributed by atoms with Gasteiger partial charge < -0.3 is 15.0 Å². The number of carbonyl (C=O) groups excluding carboxylic acids is 1. The molecule has 3 fully saturated rings. The van der Waals surface area contributed by atoms with Gasteiger partial charge in [0.15, 0.2) is 0 Å². The summed E-state index contributed by atoms with van der Waals surface area (Å²) < 4.78 is 5.44. The van der Waals surface area contributed by atoms with Gasteiger partial charge in [-0.2, -0.15) is 0 Å². The van der Waals surface area contributed by atoms with Gasteiger partial charge in [0.1, 0.15) is 0 Å². The van der Waals surface area contributed by atoms with Gasteiger partial charge in [0.25, 0.3) is 0 Å². The Morgan fingerprint density at radius 3 is 2.83 bits per heavy atom. The third-order valence-corrected chi connectivity index (χ3v) is 4.61. The molecule has 4 heteroatoms. The Morgan fingerprint density at radius 1 is 1.44 bits per heavy atom. The topological polar surface area (TPSA) is 41.6 Å². The largest absolute Gasteiger partial charge is 0.381 e. The third-order valence-electron chi connectivity index (χ3n) is 4.61. The second kappa shape index (κ2) is 4.82. The number of amides is 1. The Hall–Kier alpha value is -0.610. The summed E-state index contributed by atoms with van der Waals surface area (Å²) in [5.74, 6) is 0.939. The van der Waals surface area contributed by atoms with Crippen molar-refractivity contribution in [1.29, 1.82) is 0 Å². The van der Waals surface area contributed by atoms with Gasteiger partial charge >= 0.3 is 0 Å². The number of carbonyl (C=O) groups is 1. The molecule has 102 valence electrons. The van der Waals surface area contributed by atoms with Crippen LogP contribution in [0, 0.1) is 11.3 Å². The predicted molar refractivity (Wildman–Crippen MR) is 69.3 cm³/mol. The minimum atomic E-state index is -0.165. The van der Waals surface area contributed by atoms with Crippen LogP contribution in [0.3, 0.4) is 0 Å². The van der Waals surface area contributed by atoms with Crippen LogP contribution in [0.4, 0.5) is 0 Å². The fourth-order valence-electron chi connectivity index (χ4n) is 3.14.